The van der Waals surface area contributed by atoms with E-state index in [4.69, 9.17) is 0 Å². The largest absolute Gasteiger partial charge is 0.507 e. The van der Waals surface area contributed by atoms with Crippen LogP contribution in [0.25, 0.3) is 43.1 Å². The van der Waals surface area contributed by atoms with Gasteiger partial charge in [-0.3, -0.25) is 0 Å². The van der Waals surface area contributed by atoms with Gasteiger partial charge in [-0.25, -0.2) is 0 Å². The van der Waals surface area contributed by atoms with Crippen molar-refractivity contribution in [2.45, 2.75) is 24.0 Å². The number of aromatic hydroxyl groups is 2. The fourth-order valence-electron chi connectivity index (χ4n) is 6.92. The van der Waals surface area contributed by atoms with Gasteiger partial charge in [0.05, 0.1) is 17.9 Å². The Morgan fingerprint density at radius 3 is 1.46 bits per heavy atom. The second-order valence-electron chi connectivity index (χ2n) is 10.8. The lowest BCUT2D eigenvalue weighted by Gasteiger charge is -2.48. The number of aliphatic hydroxyl groups is 2. The zero-order chi connectivity index (χ0) is 27.0. The van der Waals surface area contributed by atoms with E-state index < -0.39 is 24.0 Å². The standard InChI is InChI=1S/C34H29NO4/c1-35(2)32-22-13-7-15-24(36)27(22)29(28-23(32)14-8-16-25(28)37)31-33(38)30(34(31)39)26-20-11-5-3-9-18(20)17-19-10-4-6-12-21(19)26/h3-17,30-31,33-34,36-39H,1-2H3. The second-order valence-corrected chi connectivity index (χ2v) is 10.8. The first kappa shape index (κ1) is 23.8. The molecule has 6 aromatic rings. The van der Waals surface area contributed by atoms with Crippen LogP contribution in [0.1, 0.15) is 23.0 Å². The minimum atomic E-state index is -0.940. The Bertz CT molecular complexity index is 1800. The number of benzene rings is 6. The lowest BCUT2D eigenvalue weighted by atomic mass is 9.60. The summed E-state index contributed by atoms with van der Waals surface area (Å²) in [5.74, 6) is -1.15. The molecule has 7 rings (SSSR count). The van der Waals surface area contributed by atoms with Gasteiger partial charge in [0.2, 0.25) is 0 Å². The van der Waals surface area contributed by atoms with E-state index >= 15 is 0 Å². The number of fused-ring (bicyclic) bond motifs is 4. The van der Waals surface area contributed by atoms with Crippen LogP contribution in [0.3, 0.4) is 0 Å². The highest BCUT2D eigenvalue weighted by molar-refractivity contribution is 6.17. The van der Waals surface area contributed by atoms with Gasteiger partial charge in [0.25, 0.3) is 0 Å². The molecule has 1 aliphatic carbocycles. The fourth-order valence-corrected chi connectivity index (χ4v) is 6.92. The van der Waals surface area contributed by atoms with E-state index in [0.29, 0.717) is 16.3 Å². The highest BCUT2D eigenvalue weighted by atomic mass is 16.3. The predicted octanol–water partition coefficient (Wildman–Crippen LogP) is 6.38. The maximum atomic E-state index is 11.9. The van der Waals surface area contributed by atoms with Crippen LogP contribution >= 0.6 is 0 Å². The molecule has 0 spiro atoms. The normalized spacial score (nSPS) is 21.0. The molecule has 2 unspecified atom stereocenters. The molecule has 0 saturated heterocycles. The molecule has 5 nitrogen and oxygen atoms in total. The van der Waals surface area contributed by atoms with Crippen LogP contribution in [0, 0.1) is 0 Å². The van der Waals surface area contributed by atoms with Crippen LogP contribution < -0.4 is 4.90 Å². The van der Waals surface area contributed by atoms with Gasteiger partial charge in [-0.15, -0.1) is 0 Å². The summed E-state index contributed by atoms with van der Waals surface area (Å²) in [6, 6.07) is 29.0. The van der Waals surface area contributed by atoms with Crippen LogP contribution in [0.5, 0.6) is 11.5 Å². The third-order valence-electron chi connectivity index (χ3n) is 8.53. The second kappa shape index (κ2) is 8.60. The molecule has 0 heterocycles. The van der Waals surface area contributed by atoms with Gasteiger partial charge in [0.1, 0.15) is 11.5 Å². The number of aliphatic hydroxyl groups excluding tert-OH is 2. The van der Waals surface area contributed by atoms with E-state index in [1.54, 1.807) is 24.3 Å². The van der Waals surface area contributed by atoms with Gasteiger partial charge < -0.3 is 25.3 Å². The van der Waals surface area contributed by atoms with Crippen molar-refractivity contribution < 1.29 is 20.4 Å². The predicted molar refractivity (Wildman–Crippen MR) is 158 cm³/mol. The summed E-state index contributed by atoms with van der Waals surface area (Å²) in [6.45, 7) is 0. The Kier molecular flexibility index (Phi) is 5.24. The van der Waals surface area contributed by atoms with E-state index in [0.717, 1.165) is 43.6 Å². The Morgan fingerprint density at radius 1 is 0.538 bits per heavy atom. The van der Waals surface area contributed by atoms with Crippen LogP contribution in [0.2, 0.25) is 0 Å². The van der Waals surface area contributed by atoms with Crippen molar-refractivity contribution in [2.24, 2.45) is 0 Å². The monoisotopic (exact) mass is 515 g/mol. The molecule has 4 N–H and O–H groups in total. The summed E-state index contributed by atoms with van der Waals surface area (Å²) in [5, 5.41) is 52.9. The summed E-state index contributed by atoms with van der Waals surface area (Å²) in [6.07, 6.45) is -1.88. The molecule has 2 atom stereocenters. The highest BCUT2D eigenvalue weighted by Crippen LogP contribution is 2.57. The van der Waals surface area contributed by atoms with E-state index in [1.807, 2.05) is 67.5 Å². The van der Waals surface area contributed by atoms with E-state index in [-0.39, 0.29) is 11.5 Å². The molecule has 5 heteroatoms. The summed E-state index contributed by atoms with van der Waals surface area (Å²) >= 11 is 0. The van der Waals surface area contributed by atoms with Gasteiger partial charge in [-0.1, -0.05) is 72.8 Å². The third-order valence-corrected chi connectivity index (χ3v) is 8.53. The minimum Gasteiger partial charge on any atom is -0.507 e. The molecule has 0 bridgehead atoms. The van der Waals surface area contributed by atoms with Crippen molar-refractivity contribution in [1.82, 2.24) is 0 Å². The first-order valence-electron chi connectivity index (χ1n) is 13.2. The van der Waals surface area contributed by atoms with Gasteiger partial charge in [-0.2, -0.15) is 0 Å². The van der Waals surface area contributed by atoms with E-state index in [9.17, 15) is 20.4 Å². The summed E-state index contributed by atoms with van der Waals surface area (Å²) in [4.78, 5) is 1.96. The molecular weight excluding hydrogens is 486 g/mol. The van der Waals surface area contributed by atoms with Gasteiger partial charge in [-0.05, 0) is 50.9 Å². The number of hydrogen-bond donors (Lipinski definition) is 4. The third kappa shape index (κ3) is 3.27. The smallest absolute Gasteiger partial charge is 0.123 e. The fraction of sp³-hybridized carbons (Fsp3) is 0.176. The molecule has 0 amide bonds. The molecular formula is C34H29NO4. The lowest BCUT2D eigenvalue weighted by Crippen LogP contribution is -2.52. The molecule has 0 aromatic heterocycles. The Hall–Kier alpha value is -4.32. The maximum absolute atomic E-state index is 11.9. The molecule has 0 radical (unpaired) electrons. The van der Waals surface area contributed by atoms with Crippen molar-refractivity contribution in [2.75, 3.05) is 19.0 Å². The van der Waals surface area contributed by atoms with E-state index in [1.165, 1.54) is 0 Å². The van der Waals surface area contributed by atoms with Crippen LogP contribution in [0.15, 0.2) is 91.0 Å². The number of hydrogen-bond acceptors (Lipinski definition) is 5. The summed E-state index contributed by atoms with van der Waals surface area (Å²) in [5.41, 5.74) is 2.35. The first-order valence-corrected chi connectivity index (χ1v) is 13.2. The molecule has 1 fully saturated rings. The van der Waals surface area contributed by atoms with Crippen molar-refractivity contribution >= 4 is 48.8 Å². The van der Waals surface area contributed by atoms with Crippen molar-refractivity contribution in [3.8, 4) is 11.5 Å². The van der Waals surface area contributed by atoms with Gasteiger partial charge >= 0.3 is 0 Å². The Morgan fingerprint density at radius 2 is 0.974 bits per heavy atom. The number of phenols is 2. The topological polar surface area (TPSA) is 84.2 Å². The van der Waals surface area contributed by atoms with E-state index in [2.05, 4.69) is 18.2 Å². The van der Waals surface area contributed by atoms with Crippen molar-refractivity contribution in [3.05, 3.63) is 102 Å². The summed E-state index contributed by atoms with van der Waals surface area (Å²) in [7, 11) is 3.85. The Labute approximate surface area is 225 Å². The number of nitrogens with zero attached hydrogens (tertiary/aromatic N) is 1. The summed E-state index contributed by atoms with van der Waals surface area (Å²) < 4.78 is 0. The van der Waals surface area contributed by atoms with Crippen molar-refractivity contribution in [1.29, 1.82) is 0 Å². The Balaban J connectivity index is 1.51. The van der Waals surface area contributed by atoms with Crippen LogP contribution in [0.4, 0.5) is 5.69 Å². The van der Waals surface area contributed by atoms with Crippen LogP contribution in [-0.4, -0.2) is 46.7 Å². The number of rotatable bonds is 3. The zero-order valence-electron chi connectivity index (χ0n) is 21.7. The lowest BCUT2D eigenvalue weighted by molar-refractivity contribution is -0.0766. The minimum absolute atomic E-state index is 0.0502. The molecule has 0 aliphatic heterocycles. The number of anilines is 1. The average molecular weight is 516 g/mol. The van der Waals surface area contributed by atoms with Crippen molar-refractivity contribution in [3.63, 3.8) is 0 Å². The highest BCUT2D eigenvalue weighted by Gasteiger charge is 2.52. The zero-order valence-corrected chi connectivity index (χ0v) is 21.7. The van der Waals surface area contributed by atoms with Crippen LogP contribution in [-0.2, 0) is 0 Å². The molecule has 39 heavy (non-hydrogen) atoms. The molecule has 194 valence electrons. The maximum Gasteiger partial charge on any atom is 0.123 e. The average Bonchev–Trinajstić information content (AvgIpc) is 2.92. The molecule has 1 saturated carbocycles. The quantitative estimate of drug-likeness (QED) is 0.206. The molecule has 6 aromatic carbocycles. The molecule has 1 aliphatic rings. The van der Waals surface area contributed by atoms with Gasteiger partial charge in [0, 0.05) is 47.5 Å². The SMILES string of the molecule is CN(C)c1c2cccc(O)c2c(C2C(O)C(c3c4ccccc4cc4ccccc34)C2O)c2c(O)cccc12. The number of phenolic OH excluding ortho intramolecular Hbond substituents is 2. The first-order chi connectivity index (χ1) is 18.9. The van der Waals surface area contributed by atoms with Gasteiger partial charge in [0.15, 0.2) is 0 Å².